The number of benzene rings is 2. The predicted molar refractivity (Wildman–Crippen MR) is 102 cm³/mol. The molecule has 134 valence electrons. The van der Waals surface area contributed by atoms with Crippen molar-refractivity contribution in [3.05, 3.63) is 58.7 Å². The van der Waals surface area contributed by atoms with Gasteiger partial charge in [0.05, 0.1) is 7.11 Å². The molecule has 0 radical (unpaired) electrons. The monoisotopic (exact) mass is 359 g/mol. The quantitative estimate of drug-likeness (QED) is 0.573. The molecule has 0 aliphatic heterocycles. The summed E-state index contributed by atoms with van der Waals surface area (Å²) in [6, 6.07) is 12.8. The Morgan fingerprint density at radius 2 is 1.64 bits per heavy atom. The summed E-state index contributed by atoms with van der Waals surface area (Å²) >= 11 is 1.75. The first-order valence-electron chi connectivity index (χ1n) is 8.17. The second-order valence-electron chi connectivity index (χ2n) is 5.88. The predicted octanol–water partition coefficient (Wildman–Crippen LogP) is 3.87. The van der Waals surface area contributed by atoms with Gasteiger partial charge in [-0.05, 0) is 54.5 Å². The maximum absolute atomic E-state index is 11.2. The standard InChI is InChI=1S/C20H25NO3S/c1-14-9-17(10-15(2)20(14)24-13-19(22)23-3)12-21-11-16-5-7-18(25-4)8-6-16/h5-10,21H,11-13H2,1-4H3. The summed E-state index contributed by atoms with van der Waals surface area (Å²) in [5.41, 5.74) is 4.50. The molecule has 1 N–H and O–H groups in total. The van der Waals surface area contributed by atoms with Crippen molar-refractivity contribution in [2.75, 3.05) is 20.0 Å². The number of carbonyl (C=O) groups is 1. The zero-order chi connectivity index (χ0) is 18.2. The second-order valence-corrected chi connectivity index (χ2v) is 6.75. The average Bonchev–Trinajstić information content (AvgIpc) is 2.61. The van der Waals surface area contributed by atoms with E-state index in [2.05, 4.69) is 52.7 Å². The molecule has 4 nitrogen and oxygen atoms in total. The van der Waals surface area contributed by atoms with Crippen LogP contribution in [-0.4, -0.2) is 25.9 Å². The fourth-order valence-electron chi connectivity index (χ4n) is 2.65. The molecule has 2 aromatic carbocycles. The first kappa shape index (κ1) is 19.3. The lowest BCUT2D eigenvalue weighted by atomic mass is 10.1. The molecule has 0 saturated heterocycles. The minimum atomic E-state index is -0.378. The van der Waals surface area contributed by atoms with E-state index in [0.29, 0.717) is 0 Å². The highest BCUT2D eigenvalue weighted by molar-refractivity contribution is 7.98. The van der Waals surface area contributed by atoms with Crippen molar-refractivity contribution in [2.45, 2.75) is 31.8 Å². The van der Waals surface area contributed by atoms with Crippen LogP contribution in [-0.2, 0) is 22.6 Å². The third-order valence-corrected chi connectivity index (χ3v) is 4.64. The lowest BCUT2D eigenvalue weighted by Gasteiger charge is -2.14. The molecule has 0 bridgehead atoms. The summed E-state index contributed by atoms with van der Waals surface area (Å²) < 4.78 is 10.2. The topological polar surface area (TPSA) is 47.6 Å². The first-order valence-corrected chi connectivity index (χ1v) is 9.39. The summed E-state index contributed by atoms with van der Waals surface area (Å²) in [7, 11) is 1.36. The number of hydrogen-bond donors (Lipinski definition) is 1. The molecule has 0 unspecified atom stereocenters. The van der Waals surface area contributed by atoms with Crippen LogP contribution in [0.15, 0.2) is 41.3 Å². The van der Waals surface area contributed by atoms with Gasteiger partial charge in [-0.15, -0.1) is 11.8 Å². The molecular formula is C20H25NO3S. The van der Waals surface area contributed by atoms with Crippen molar-refractivity contribution >= 4 is 17.7 Å². The molecule has 0 aliphatic carbocycles. The molecule has 0 aromatic heterocycles. The van der Waals surface area contributed by atoms with Crippen LogP contribution >= 0.6 is 11.8 Å². The summed E-state index contributed by atoms with van der Waals surface area (Å²) in [5.74, 6) is 0.374. The van der Waals surface area contributed by atoms with E-state index in [1.165, 1.54) is 23.1 Å². The van der Waals surface area contributed by atoms with Gasteiger partial charge in [0.1, 0.15) is 5.75 Å². The van der Waals surface area contributed by atoms with Gasteiger partial charge >= 0.3 is 5.97 Å². The van der Waals surface area contributed by atoms with Crippen molar-refractivity contribution < 1.29 is 14.3 Å². The fraction of sp³-hybridized carbons (Fsp3) is 0.350. The van der Waals surface area contributed by atoms with E-state index in [-0.39, 0.29) is 12.6 Å². The van der Waals surface area contributed by atoms with Crippen molar-refractivity contribution in [1.82, 2.24) is 5.32 Å². The largest absolute Gasteiger partial charge is 0.481 e. The van der Waals surface area contributed by atoms with Crippen molar-refractivity contribution in [2.24, 2.45) is 0 Å². The number of rotatable bonds is 8. The Balaban J connectivity index is 1.92. The molecule has 0 spiro atoms. The number of thioether (sulfide) groups is 1. The van der Waals surface area contributed by atoms with E-state index < -0.39 is 0 Å². The Bertz CT molecular complexity index is 690. The molecule has 0 amide bonds. The van der Waals surface area contributed by atoms with Gasteiger partial charge in [-0.2, -0.15) is 0 Å². The Labute approximate surface area is 153 Å². The van der Waals surface area contributed by atoms with Crippen molar-refractivity contribution in [3.8, 4) is 5.75 Å². The van der Waals surface area contributed by atoms with Gasteiger partial charge in [0.25, 0.3) is 0 Å². The minimum Gasteiger partial charge on any atom is -0.481 e. The number of hydrogen-bond acceptors (Lipinski definition) is 5. The van der Waals surface area contributed by atoms with E-state index in [4.69, 9.17) is 4.74 Å². The van der Waals surface area contributed by atoms with E-state index >= 15 is 0 Å². The van der Waals surface area contributed by atoms with Crippen molar-refractivity contribution in [3.63, 3.8) is 0 Å². The maximum Gasteiger partial charge on any atom is 0.343 e. The van der Waals surface area contributed by atoms with Gasteiger partial charge in [0.2, 0.25) is 0 Å². The van der Waals surface area contributed by atoms with Gasteiger partial charge < -0.3 is 14.8 Å². The maximum atomic E-state index is 11.2. The average molecular weight is 359 g/mol. The summed E-state index contributed by atoms with van der Waals surface area (Å²) in [6.07, 6.45) is 2.08. The smallest absolute Gasteiger partial charge is 0.343 e. The Morgan fingerprint density at radius 3 is 2.20 bits per heavy atom. The van der Waals surface area contributed by atoms with Gasteiger partial charge in [0.15, 0.2) is 6.61 Å². The highest BCUT2D eigenvalue weighted by atomic mass is 32.2. The zero-order valence-electron chi connectivity index (χ0n) is 15.2. The highest BCUT2D eigenvalue weighted by Crippen LogP contribution is 2.25. The molecule has 0 atom stereocenters. The number of ether oxygens (including phenoxy) is 2. The van der Waals surface area contributed by atoms with E-state index in [1.54, 1.807) is 11.8 Å². The Morgan fingerprint density at radius 1 is 1.04 bits per heavy atom. The van der Waals surface area contributed by atoms with Crippen LogP contribution in [0.1, 0.15) is 22.3 Å². The van der Waals surface area contributed by atoms with Crippen LogP contribution < -0.4 is 10.1 Å². The summed E-state index contributed by atoms with van der Waals surface area (Å²) in [6.45, 7) is 5.52. The number of esters is 1. The third-order valence-electron chi connectivity index (χ3n) is 3.90. The fourth-order valence-corrected chi connectivity index (χ4v) is 3.06. The zero-order valence-corrected chi connectivity index (χ0v) is 16.0. The molecule has 5 heteroatoms. The SMILES string of the molecule is COC(=O)COc1c(C)cc(CNCc2ccc(SC)cc2)cc1C. The lowest BCUT2D eigenvalue weighted by Crippen LogP contribution is -2.15. The van der Waals surface area contributed by atoms with Crippen LogP contribution in [0, 0.1) is 13.8 Å². The van der Waals surface area contributed by atoms with Crippen LogP contribution in [0.3, 0.4) is 0 Å². The van der Waals surface area contributed by atoms with Crippen LogP contribution in [0.2, 0.25) is 0 Å². The summed E-state index contributed by atoms with van der Waals surface area (Å²) in [4.78, 5) is 12.5. The normalized spacial score (nSPS) is 10.6. The lowest BCUT2D eigenvalue weighted by molar-refractivity contribution is -0.142. The van der Waals surface area contributed by atoms with Crippen molar-refractivity contribution in [1.29, 1.82) is 0 Å². The number of carbonyl (C=O) groups excluding carboxylic acids is 1. The highest BCUT2D eigenvalue weighted by Gasteiger charge is 2.09. The van der Waals surface area contributed by atoms with Crippen LogP contribution in [0.4, 0.5) is 0 Å². The molecule has 0 saturated carbocycles. The van der Waals surface area contributed by atoms with E-state index in [1.807, 2.05) is 13.8 Å². The van der Waals surface area contributed by atoms with E-state index in [9.17, 15) is 4.79 Å². The van der Waals surface area contributed by atoms with Gasteiger partial charge in [0, 0.05) is 18.0 Å². The van der Waals surface area contributed by atoms with Gasteiger partial charge in [-0.25, -0.2) is 4.79 Å². The van der Waals surface area contributed by atoms with Crippen LogP contribution in [0.5, 0.6) is 5.75 Å². The third kappa shape index (κ3) is 5.80. The number of nitrogens with one attached hydrogen (secondary N) is 1. The second kappa shape index (κ2) is 9.49. The van der Waals surface area contributed by atoms with E-state index in [0.717, 1.165) is 30.0 Å². The van der Waals surface area contributed by atoms with Crippen LogP contribution in [0.25, 0.3) is 0 Å². The Hall–Kier alpha value is -1.98. The first-order chi connectivity index (χ1) is 12.0. The van der Waals surface area contributed by atoms with Gasteiger partial charge in [-0.3, -0.25) is 0 Å². The molecule has 25 heavy (non-hydrogen) atoms. The summed E-state index contributed by atoms with van der Waals surface area (Å²) in [5, 5.41) is 3.47. The molecular weight excluding hydrogens is 334 g/mol. The minimum absolute atomic E-state index is 0.0676. The Kier molecular flexibility index (Phi) is 7.34. The van der Waals surface area contributed by atoms with Gasteiger partial charge in [-0.1, -0.05) is 24.3 Å². The molecule has 0 heterocycles. The number of methoxy groups -OCH3 is 1. The molecule has 2 aromatic rings. The molecule has 0 fully saturated rings. The molecule has 0 aliphatic rings. The number of aryl methyl sites for hydroxylation is 2. The molecule has 2 rings (SSSR count).